The monoisotopic (exact) mass is 461 g/mol. The number of nitrogens with zero attached hydrogens (tertiary/aromatic N) is 4. The molecule has 1 N–H and O–H groups in total. The molecule has 8 nitrogen and oxygen atoms in total. The molecule has 3 aliphatic rings. The molecule has 0 atom stereocenters. The van der Waals surface area contributed by atoms with Gasteiger partial charge in [0.05, 0.1) is 18.8 Å². The van der Waals surface area contributed by atoms with E-state index in [2.05, 4.69) is 28.0 Å². The van der Waals surface area contributed by atoms with Crippen molar-refractivity contribution in [3.8, 4) is 5.75 Å². The Balaban J connectivity index is 1.29. The van der Waals surface area contributed by atoms with E-state index in [-0.39, 0.29) is 11.4 Å². The fourth-order valence-corrected chi connectivity index (χ4v) is 4.57. The molecule has 3 heterocycles. The Labute approximate surface area is 196 Å². The van der Waals surface area contributed by atoms with Gasteiger partial charge in [-0.15, -0.1) is 5.10 Å². The molecule has 33 heavy (non-hydrogen) atoms. The van der Waals surface area contributed by atoms with Crippen LogP contribution in [-0.4, -0.2) is 58.3 Å². The summed E-state index contributed by atoms with van der Waals surface area (Å²) in [5.41, 5.74) is 3.32. The van der Waals surface area contributed by atoms with Crippen molar-refractivity contribution in [2.24, 2.45) is 10.1 Å². The van der Waals surface area contributed by atoms with Crippen molar-refractivity contribution in [2.75, 3.05) is 26.3 Å². The number of carbonyl (C=O) groups excluding carboxylic acids is 1. The van der Waals surface area contributed by atoms with Crippen LogP contribution in [0, 0.1) is 12.3 Å². The maximum atomic E-state index is 12.6. The maximum absolute atomic E-state index is 12.6. The summed E-state index contributed by atoms with van der Waals surface area (Å²) in [4.78, 5) is 18.9. The van der Waals surface area contributed by atoms with Crippen LogP contribution in [0.25, 0.3) is 6.08 Å². The predicted octanol–water partition coefficient (Wildman–Crippen LogP) is 3.48. The minimum Gasteiger partial charge on any atom is -0.489 e. The van der Waals surface area contributed by atoms with E-state index in [4.69, 9.17) is 14.9 Å². The molecule has 0 radical (unpaired) electrons. The number of hydrogen-bond donors (Lipinski definition) is 1. The minimum absolute atomic E-state index is 0.0284. The van der Waals surface area contributed by atoms with Crippen LogP contribution < -0.4 is 4.74 Å². The molecule has 2 aromatic rings. The van der Waals surface area contributed by atoms with E-state index in [1.54, 1.807) is 6.08 Å². The van der Waals surface area contributed by atoms with Gasteiger partial charge in [-0.05, 0) is 53.6 Å². The molecule has 0 aromatic heterocycles. The van der Waals surface area contributed by atoms with E-state index in [0.29, 0.717) is 25.0 Å². The number of amidine groups is 3. The van der Waals surface area contributed by atoms with Gasteiger partial charge >= 0.3 is 0 Å². The predicted molar refractivity (Wildman–Crippen MR) is 129 cm³/mol. The molecule has 0 spiro atoms. The van der Waals surface area contributed by atoms with Crippen molar-refractivity contribution in [3.05, 3.63) is 70.8 Å². The third kappa shape index (κ3) is 4.55. The summed E-state index contributed by atoms with van der Waals surface area (Å²) in [7, 11) is 0. The number of aryl methyl sites for hydroxylation is 1. The van der Waals surface area contributed by atoms with E-state index in [9.17, 15) is 4.79 Å². The van der Waals surface area contributed by atoms with Crippen molar-refractivity contribution in [3.63, 3.8) is 0 Å². The molecule has 0 aliphatic carbocycles. The molecule has 3 aliphatic heterocycles. The Morgan fingerprint density at radius 1 is 1.12 bits per heavy atom. The van der Waals surface area contributed by atoms with Gasteiger partial charge < -0.3 is 14.4 Å². The normalized spacial score (nSPS) is 19.5. The smallest absolute Gasteiger partial charge is 0.283 e. The lowest BCUT2D eigenvalue weighted by molar-refractivity contribution is -0.114. The molecule has 168 valence electrons. The quantitative estimate of drug-likeness (QED) is 0.701. The largest absolute Gasteiger partial charge is 0.489 e. The fraction of sp³-hybridized carbons (Fsp3) is 0.250. The zero-order chi connectivity index (χ0) is 22.8. The first-order chi connectivity index (χ1) is 16.1. The molecule has 0 saturated carbocycles. The van der Waals surface area contributed by atoms with Gasteiger partial charge in [0, 0.05) is 13.1 Å². The summed E-state index contributed by atoms with van der Waals surface area (Å²) in [6.45, 7) is 5.29. The van der Waals surface area contributed by atoms with E-state index >= 15 is 0 Å². The SMILES string of the molecule is Cc1ccccc1COc1ccc(/C=C2\C(=N)N3N=C(N4CCOCC4)SC3=NC2=O)cc1. The van der Waals surface area contributed by atoms with E-state index < -0.39 is 5.91 Å². The number of aliphatic imine (C=N–C) groups is 1. The van der Waals surface area contributed by atoms with Crippen LogP contribution in [0.3, 0.4) is 0 Å². The topological polar surface area (TPSA) is 90.6 Å². The van der Waals surface area contributed by atoms with Crippen LogP contribution >= 0.6 is 11.8 Å². The Hall–Kier alpha value is -3.43. The van der Waals surface area contributed by atoms with Crippen LogP contribution in [0.2, 0.25) is 0 Å². The highest BCUT2D eigenvalue weighted by molar-refractivity contribution is 8.26. The highest BCUT2D eigenvalue weighted by atomic mass is 32.2. The zero-order valence-corrected chi connectivity index (χ0v) is 19.0. The van der Waals surface area contributed by atoms with Crippen LogP contribution in [0.15, 0.2) is 64.2 Å². The molecule has 0 unspecified atom stereocenters. The van der Waals surface area contributed by atoms with Gasteiger partial charge in [-0.1, -0.05) is 36.4 Å². The molecule has 1 amide bonds. The van der Waals surface area contributed by atoms with Crippen LogP contribution in [0.5, 0.6) is 5.75 Å². The first-order valence-electron chi connectivity index (χ1n) is 10.7. The van der Waals surface area contributed by atoms with Gasteiger partial charge in [-0.3, -0.25) is 10.2 Å². The second-order valence-corrected chi connectivity index (χ2v) is 8.72. The third-order valence-electron chi connectivity index (χ3n) is 5.57. The highest BCUT2D eigenvalue weighted by Gasteiger charge is 2.37. The summed E-state index contributed by atoms with van der Waals surface area (Å²) in [5, 5.41) is 15.7. The van der Waals surface area contributed by atoms with Crippen LogP contribution in [-0.2, 0) is 16.1 Å². The van der Waals surface area contributed by atoms with Gasteiger partial charge in [-0.2, -0.15) is 10.0 Å². The first-order valence-corrected chi connectivity index (χ1v) is 11.5. The summed E-state index contributed by atoms with van der Waals surface area (Å²) in [6.07, 6.45) is 1.67. The van der Waals surface area contributed by atoms with Gasteiger partial charge in [0.25, 0.3) is 5.91 Å². The lowest BCUT2D eigenvalue weighted by Crippen LogP contribution is -2.39. The highest BCUT2D eigenvalue weighted by Crippen LogP contribution is 2.30. The molecular formula is C24H23N5O3S. The van der Waals surface area contributed by atoms with Crippen molar-refractivity contribution in [1.82, 2.24) is 9.91 Å². The van der Waals surface area contributed by atoms with Crippen molar-refractivity contribution in [1.29, 1.82) is 5.41 Å². The Morgan fingerprint density at radius 2 is 1.88 bits per heavy atom. The molecule has 1 fully saturated rings. The van der Waals surface area contributed by atoms with E-state index in [1.165, 1.54) is 22.3 Å². The number of hydrazone groups is 1. The zero-order valence-electron chi connectivity index (χ0n) is 18.2. The third-order valence-corrected chi connectivity index (χ3v) is 6.54. The lowest BCUT2D eigenvalue weighted by atomic mass is 10.1. The number of thioether (sulfide) groups is 1. The molecular weight excluding hydrogens is 438 g/mol. The van der Waals surface area contributed by atoms with Crippen LogP contribution in [0.1, 0.15) is 16.7 Å². The Kier molecular flexibility index (Phi) is 5.97. The maximum Gasteiger partial charge on any atom is 0.283 e. The van der Waals surface area contributed by atoms with Gasteiger partial charge in [0.15, 0.2) is 11.0 Å². The standard InChI is InChI=1S/C24H23N5O3S/c1-16-4-2-3-5-18(16)15-32-19-8-6-17(7-9-19)14-20-21(25)29-23(26-22(20)30)33-24(27-29)28-10-12-31-13-11-28/h2-9,14,25H,10-13,15H2,1H3/b20-14+,25-21?. The second-order valence-electron chi connectivity index (χ2n) is 7.79. The van der Waals surface area contributed by atoms with Gasteiger partial charge in [0.1, 0.15) is 12.4 Å². The molecule has 2 aromatic carbocycles. The summed E-state index contributed by atoms with van der Waals surface area (Å²) >= 11 is 1.31. The number of rotatable bonds is 4. The number of amides is 1. The number of carbonyl (C=O) groups is 1. The number of hydrogen-bond acceptors (Lipinski definition) is 7. The lowest BCUT2D eigenvalue weighted by Gasteiger charge is -2.26. The average Bonchev–Trinajstić information content (AvgIpc) is 3.27. The van der Waals surface area contributed by atoms with E-state index in [1.807, 2.05) is 42.5 Å². The molecule has 5 rings (SSSR count). The number of nitrogens with one attached hydrogen (secondary N) is 1. The van der Waals surface area contributed by atoms with Crippen molar-refractivity contribution >= 4 is 39.9 Å². The summed E-state index contributed by atoms with van der Waals surface area (Å²) in [5.74, 6) is 0.333. The molecule has 1 saturated heterocycles. The van der Waals surface area contributed by atoms with Gasteiger partial charge in [-0.25, -0.2) is 0 Å². The van der Waals surface area contributed by atoms with Crippen molar-refractivity contribution in [2.45, 2.75) is 13.5 Å². The molecule has 0 bridgehead atoms. The number of ether oxygens (including phenoxy) is 2. The first kappa shape index (κ1) is 21.4. The Bertz CT molecular complexity index is 1180. The number of fused-ring (bicyclic) bond motifs is 1. The number of morpholine rings is 1. The average molecular weight is 462 g/mol. The number of benzene rings is 2. The van der Waals surface area contributed by atoms with Crippen molar-refractivity contribution < 1.29 is 14.3 Å². The van der Waals surface area contributed by atoms with E-state index in [0.717, 1.165) is 35.1 Å². The Morgan fingerprint density at radius 3 is 2.64 bits per heavy atom. The fourth-order valence-electron chi connectivity index (χ4n) is 3.62. The minimum atomic E-state index is -0.433. The second kappa shape index (κ2) is 9.21. The molecule has 9 heteroatoms. The van der Waals surface area contributed by atoms with Crippen LogP contribution in [0.4, 0.5) is 0 Å². The summed E-state index contributed by atoms with van der Waals surface area (Å²) < 4.78 is 11.3. The summed E-state index contributed by atoms with van der Waals surface area (Å²) in [6, 6.07) is 15.6. The van der Waals surface area contributed by atoms with Gasteiger partial charge in [0.2, 0.25) is 5.17 Å².